The molecule has 1 spiro atoms. The third-order valence-electron chi connectivity index (χ3n) is 13.3. The van der Waals surface area contributed by atoms with Gasteiger partial charge in [0.05, 0.1) is 30.8 Å². The molecule has 1 saturated heterocycles. The number of rotatable bonds is 2. The molecule has 1 aromatic carbocycles. The topological polar surface area (TPSA) is 108 Å². The van der Waals surface area contributed by atoms with E-state index in [-0.39, 0.29) is 34.1 Å². The second-order valence-electron chi connectivity index (χ2n) is 16.4. The van der Waals surface area contributed by atoms with E-state index in [1.165, 1.54) is 5.57 Å². The first kappa shape index (κ1) is 37.5. The van der Waals surface area contributed by atoms with Crippen LogP contribution in [-0.2, 0) is 14.8 Å². The Morgan fingerprint density at radius 1 is 1.17 bits per heavy atom. The van der Waals surface area contributed by atoms with Crippen molar-refractivity contribution in [1.82, 2.24) is 9.62 Å². The van der Waals surface area contributed by atoms with Gasteiger partial charge in [0.1, 0.15) is 11.4 Å². The summed E-state index contributed by atoms with van der Waals surface area (Å²) in [5.74, 6) is 6.41. The summed E-state index contributed by atoms with van der Waals surface area (Å²) in [6, 6.07) is 5.27. The Kier molecular flexibility index (Phi) is 10.7. The minimum Gasteiger partial charge on any atom is -0.491 e. The second kappa shape index (κ2) is 14.8. The van der Waals surface area contributed by atoms with Crippen LogP contribution >= 0.6 is 11.6 Å². The number of morpholine rings is 1. The van der Waals surface area contributed by atoms with Crippen molar-refractivity contribution in [2.45, 2.75) is 83.0 Å². The van der Waals surface area contributed by atoms with Crippen LogP contribution in [0.15, 0.2) is 53.1 Å². The average Bonchev–Trinajstić information content (AvgIpc) is 3.26. The number of aliphatic hydroxyl groups is 1. The zero-order valence-corrected chi connectivity index (χ0v) is 32.4. The molecule has 3 fully saturated rings. The number of nitrogens with zero attached hydrogens (tertiary/aromatic N) is 2. The smallest absolute Gasteiger partial charge is 0.264 e. The average molecular weight is 752 g/mol. The van der Waals surface area contributed by atoms with Crippen molar-refractivity contribution in [3.8, 4) is 17.6 Å². The van der Waals surface area contributed by atoms with E-state index in [9.17, 15) is 18.3 Å². The molecule has 7 atom stereocenters. The van der Waals surface area contributed by atoms with Crippen LogP contribution in [0.2, 0.25) is 0 Å². The van der Waals surface area contributed by atoms with Gasteiger partial charge in [-0.05, 0) is 94.1 Å². The summed E-state index contributed by atoms with van der Waals surface area (Å²) < 4.78 is 41.6. The number of ether oxygens (including phenoxy) is 2. The monoisotopic (exact) mass is 751 g/mol. The number of hydrogen-bond donors (Lipinski definition) is 2. The molecular formula is C41H54ClN3O6S. The summed E-state index contributed by atoms with van der Waals surface area (Å²) in [5.41, 5.74) is 0.643. The van der Waals surface area contributed by atoms with E-state index < -0.39 is 26.8 Å². The van der Waals surface area contributed by atoms with Crippen LogP contribution in [-0.4, -0.2) is 87.7 Å². The maximum atomic E-state index is 13.6. The fourth-order valence-electron chi connectivity index (χ4n) is 9.40. The molecule has 9 nitrogen and oxygen atoms in total. The van der Waals surface area contributed by atoms with Crippen molar-refractivity contribution < 1.29 is 27.8 Å². The van der Waals surface area contributed by atoms with Gasteiger partial charge in [-0.2, -0.15) is 0 Å². The number of anilines is 1. The zero-order chi connectivity index (χ0) is 36.7. The maximum Gasteiger partial charge on any atom is 0.264 e. The van der Waals surface area contributed by atoms with Gasteiger partial charge in [0.25, 0.3) is 5.91 Å². The summed E-state index contributed by atoms with van der Waals surface area (Å²) in [5, 5.41) is 12.4. The summed E-state index contributed by atoms with van der Waals surface area (Å²) >= 11 is 6.56. The highest BCUT2D eigenvalue weighted by molar-refractivity contribution is 7.90. The fraction of sp³-hybridized carbons (Fsp3) is 0.634. The Hall–Kier alpha value is -2.81. The van der Waals surface area contributed by atoms with E-state index >= 15 is 0 Å². The van der Waals surface area contributed by atoms with Crippen molar-refractivity contribution in [3.05, 3.63) is 58.7 Å². The van der Waals surface area contributed by atoms with E-state index in [0.29, 0.717) is 38.3 Å². The summed E-state index contributed by atoms with van der Waals surface area (Å²) in [7, 11) is -4.00. The van der Waals surface area contributed by atoms with E-state index in [2.05, 4.69) is 45.4 Å². The minimum absolute atomic E-state index is 0.104. The minimum atomic E-state index is -4.00. The largest absolute Gasteiger partial charge is 0.491 e. The first-order chi connectivity index (χ1) is 24.8. The van der Waals surface area contributed by atoms with E-state index in [4.69, 9.17) is 21.1 Å². The number of sulfonamides is 1. The third kappa shape index (κ3) is 7.21. The highest BCUT2D eigenvalue weighted by Gasteiger charge is 2.55. The molecule has 282 valence electrons. The van der Waals surface area contributed by atoms with Gasteiger partial charge < -0.3 is 19.5 Å². The Morgan fingerprint density at radius 3 is 2.75 bits per heavy atom. The van der Waals surface area contributed by atoms with Gasteiger partial charge in [0, 0.05) is 66.5 Å². The molecule has 7 rings (SSSR count). The highest BCUT2D eigenvalue weighted by Crippen LogP contribution is 2.60. The summed E-state index contributed by atoms with van der Waals surface area (Å²) in [6.07, 6.45) is 14.7. The molecule has 6 aliphatic rings. The molecule has 11 heteroatoms. The van der Waals surface area contributed by atoms with E-state index in [0.717, 1.165) is 82.1 Å². The van der Waals surface area contributed by atoms with Crippen LogP contribution in [0.4, 0.5) is 5.69 Å². The van der Waals surface area contributed by atoms with Crippen LogP contribution in [0.25, 0.3) is 0 Å². The lowest BCUT2D eigenvalue weighted by Gasteiger charge is -2.55. The molecule has 1 unspecified atom stereocenters. The Morgan fingerprint density at radius 2 is 1.98 bits per heavy atom. The fourth-order valence-corrected chi connectivity index (χ4v) is 10.9. The first-order valence-corrected chi connectivity index (χ1v) is 21.1. The van der Waals surface area contributed by atoms with Gasteiger partial charge in [-0.15, -0.1) is 0 Å². The molecule has 3 aliphatic carbocycles. The van der Waals surface area contributed by atoms with Gasteiger partial charge in [-0.25, -0.2) is 13.1 Å². The lowest BCUT2D eigenvalue weighted by atomic mass is 9.52. The van der Waals surface area contributed by atoms with Gasteiger partial charge in [-0.3, -0.25) is 9.69 Å². The quantitative estimate of drug-likeness (QED) is 0.278. The van der Waals surface area contributed by atoms with Crippen LogP contribution in [0, 0.1) is 40.4 Å². The maximum absolute atomic E-state index is 13.6. The van der Waals surface area contributed by atoms with Gasteiger partial charge in [0.2, 0.25) is 10.0 Å². The van der Waals surface area contributed by atoms with Crippen LogP contribution in [0.3, 0.4) is 0 Å². The Bertz CT molecular complexity index is 1810. The van der Waals surface area contributed by atoms with Crippen molar-refractivity contribution in [2.24, 2.45) is 28.6 Å². The number of fused-ring (bicyclic) bond motifs is 4. The van der Waals surface area contributed by atoms with Crippen molar-refractivity contribution >= 4 is 33.2 Å². The molecule has 2 bridgehead atoms. The Balaban J connectivity index is 1.26. The number of carbonyl (C=O) groups is 1. The highest BCUT2D eigenvalue weighted by atomic mass is 35.5. The molecule has 0 aromatic heterocycles. The van der Waals surface area contributed by atoms with Crippen molar-refractivity contribution in [2.75, 3.05) is 57.4 Å². The molecule has 1 aromatic rings. The van der Waals surface area contributed by atoms with Crippen molar-refractivity contribution in [1.29, 1.82) is 0 Å². The zero-order valence-electron chi connectivity index (χ0n) is 30.8. The number of benzene rings is 1. The van der Waals surface area contributed by atoms with E-state index in [1.807, 2.05) is 25.1 Å². The number of carbonyl (C=O) groups excluding carboxylic acids is 1. The molecule has 1 amide bonds. The summed E-state index contributed by atoms with van der Waals surface area (Å²) in [4.78, 5) is 18.3. The third-order valence-corrected chi connectivity index (χ3v) is 15.5. The molecule has 3 aliphatic heterocycles. The normalized spacial score (nSPS) is 36.9. The number of amides is 1. The predicted molar refractivity (Wildman–Crippen MR) is 205 cm³/mol. The van der Waals surface area contributed by atoms with Crippen LogP contribution in [0.5, 0.6) is 5.75 Å². The van der Waals surface area contributed by atoms with Crippen molar-refractivity contribution in [3.63, 3.8) is 0 Å². The second-order valence-corrected chi connectivity index (χ2v) is 18.8. The number of halogens is 1. The standard InChI is InChI=1S/C41H54ClN3O6S/c1-29-8-6-17-41(47,16-4-5-19-44-20-22-50-23-21-44)35-12-10-32(35)26-45-27-40(15-7-9-33-25-34(42)14-18-39(33,40)3)28-51-37-13-11-31(24-36(37)45)38(46)43-52(48,49)30(29)2/h6,11,13-14,17,24-25,29-30,32,35,47H,5,7-10,12,15,18-23,26-28H2,1-3H3,(H,43,46)/b17-6+/t29-,30+,32-,35+,39?,40-,41+/m0/s1. The molecule has 52 heavy (non-hydrogen) atoms. The van der Waals surface area contributed by atoms with Crippen LogP contribution in [0.1, 0.15) is 82.5 Å². The molecule has 2 saturated carbocycles. The number of allylic oxidation sites excluding steroid dienone is 5. The first-order valence-electron chi connectivity index (χ1n) is 19.2. The molecule has 3 heterocycles. The lowest BCUT2D eigenvalue weighted by molar-refractivity contribution is -0.00930. The summed E-state index contributed by atoms with van der Waals surface area (Å²) in [6.45, 7) is 11.8. The predicted octanol–water partition coefficient (Wildman–Crippen LogP) is 6.04. The number of nitrogens with one attached hydrogen (secondary N) is 1. The van der Waals surface area contributed by atoms with Gasteiger partial charge in [-0.1, -0.05) is 55.0 Å². The molecule has 0 radical (unpaired) electrons. The van der Waals surface area contributed by atoms with E-state index in [1.54, 1.807) is 19.1 Å². The number of hydrogen-bond acceptors (Lipinski definition) is 8. The lowest BCUT2D eigenvalue weighted by Crippen LogP contribution is -2.56. The van der Waals surface area contributed by atoms with Gasteiger partial charge >= 0.3 is 0 Å². The Labute approximate surface area is 314 Å². The molecule has 2 N–H and O–H groups in total. The van der Waals surface area contributed by atoms with Gasteiger partial charge in [0.15, 0.2) is 0 Å². The molecular weight excluding hydrogens is 698 g/mol. The van der Waals surface area contributed by atoms with Crippen LogP contribution < -0.4 is 14.4 Å². The SMILES string of the molecule is C[C@@H]1[C@@H](C)C/C=C/[C@](O)(C#CCCN2CCOCC2)[C@@H]2CC[C@H]2CN2C[C@@]3(CCCC4=CC(Cl)=CCC43C)COc3ccc(cc32)C(=O)NS1(=O)=O.